The summed E-state index contributed by atoms with van der Waals surface area (Å²) in [4.78, 5) is 24.8. The van der Waals surface area contributed by atoms with Gasteiger partial charge in [0.2, 0.25) is 0 Å². The largest absolute Gasteiger partial charge is 0.443 e. The zero-order chi connectivity index (χ0) is 12.5. The predicted molar refractivity (Wildman–Crippen MR) is 60.8 cm³/mol. The molecular formula is C12H19NO3. The van der Waals surface area contributed by atoms with Gasteiger partial charge in [0, 0.05) is 6.20 Å². The average molecular weight is 225 g/mol. The van der Waals surface area contributed by atoms with E-state index in [1.54, 1.807) is 20.8 Å². The number of amides is 1. The first-order valence-corrected chi connectivity index (χ1v) is 5.46. The summed E-state index contributed by atoms with van der Waals surface area (Å²) >= 11 is 0. The molecule has 1 rings (SSSR count). The van der Waals surface area contributed by atoms with Gasteiger partial charge in [-0.25, -0.2) is 4.79 Å². The van der Waals surface area contributed by atoms with Gasteiger partial charge in [0.15, 0.2) is 5.78 Å². The number of rotatable bonds is 1. The van der Waals surface area contributed by atoms with Crippen LogP contribution in [0, 0.1) is 5.92 Å². The van der Waals surface area contributed by atoms with Crippen molar-refractivity contribution < 1.29 is 14.3 Å². The van der Waals surface area contributed by atoms with Crippen molar-refractivity contribution in [3.05, 3.63) is 12.3 Å². The molecule has 90 valence electrons. The van der Waals surface area contributed by atoms with Crippen LogP contribution in [0.15, 0.2) is 12.3 Å². The Bertz CT molecular complexity index is 326. The third-order valence-corrected chi connectivity index (χ3v) is 2.23. The molecule has 0 spiro atoms. The lowest BCUT2D eigenvalue weighted by atomic mass is 10.0. The molecule has 0 fully saturated rings. The average Bonchev–Trinajstić information content (AvgIpc) is 2.43. The molecule has 4 heteroatoms. The van der Waals surface area contributed by atoms with Crippen molar-refractivity contribution in [1.82, 2.24) is 4.90 Å². The van der Waals surface area contributed by atoms with E-state index in [1.807, 2.05) is 13.8 Å². The molecule has 0 N–H and O–H groups in total. The first-order valence-electron chi connectivity index (χ1n) is 5.46. The highest BCUT2D eigenvalue weighted by molar-refractivity contribution is 5.99. The van der Waals surface area contributed by atoms with Crippen LogP contribution in [0.2, 0.25) is 0 Å². The van der Waals surface area contributed by atoms with Crippen molar-refractivity contribution in [2.24, 2.45) is 5.92 Å². The molecule has 0 aromatic carbocycles. The van der Waals surface area contributed by atoms with Crippen LogP contribution in [0.1, 0.15) is 34.6 Å². The Morgan fingerprint density at radius 1 is 1.44 bits per heavy atom. The molecule has 4 nitrogen and oxygen atoms in total. The predicted octanol–water partition coefficient (Wildman–Crippen LogP) is 2.34. The minimum Gasteiger partial charge on any atom is -0.443 e. The van der Waals surface area contributed by atoms with E-state index in [4.69, 9.17) is 4.74 Å². The molecule has 0 radical (unpaired) electrons. The van der Waals surface area contributed by atoms with Gasteiger partial charge in [-0.2, -0.15) is 0 Å². The van der Waals surface area contributed by atoms with Crippen LogP contribution in [0.25, 0.3) is 0 Å². The molecule has 0 aromatic rings. The van der Waals surface area contributed by atoms with Gasteiger partial charge in [0.05, 0.1) is 0 Å². The SMILES string of the molecule is CC(C)C1C(=O)C=CN1C(=O)OC(C)(C)C. The summed E-state index contributed by atoms with van der Waals surface area (Å²) < 4.78 is 5.23. The Kier molecular flexibility index (Phi) is 3.41. The number of hydrogen-bond acceptors (Lipinski definition) is 3. The fraction of sp³-hybridized carbons (Fsp3) is 0.667. The summed E-state index contributed by atoms with van der Waals surface area (Å²) in [7, 11) is 0. The van der Waals surface area contributed by atoms with Crippen molar-refractivity contribution in [3.8, 4) is 0 Å². The Morgan fingerprint density at radius 2 is 2.00 bits per heavy atom. The Morgan fingerprint density at radius 3 is 2.44 bits per heavy atom. The Hall–Kier alpha value is -1.32. The molecule has 16 heavy (non-hydrogen) atoms. The molecule has 1 heterocycles. The summed E-state index contributed by atoms with van der Waals surface area (Å²) in [6, 6.07) is -0.421. The smallest absolute Gasteiger partial charge is 0.415 e. The molecule has 1 amide bonds. The van der Waals surface area contributed by atoms with Gasteiger partial charge >= 0.3 is 6.09 Å². The lowest BCUT2D eigenvalue weighted by molar-refractivity contribution is -0.118. The zero-order valence-electron chi connectivity index (χ0n) is 10.5. The maximum absolute atomic E-state index is 11.8. The van der Waals surface area contributed by atoms with Gasteiger partial charge in [0.25, 0.3) is 0 Å². The quantitative estimate of drug-likeness (QED) is 0.688. The van der Waals surface area contributed by atoms with Gasteiger partial charge in [-0.15, -0.1) is 0 Å². The zero-order valence-corrected chi connectivity index (χ0v) is 10.5. The highest BCUT2D eigenvalue weighted by atomic mass is 16.6. The Labute approximate surface area is 96.3 Å². The van der Waals surface area contributed by atoms with Crippen molar-refractivity contribution >= 4 is 11.9 Å². The lowest BCUT2D eigenvalue weighted by Crippen LogP contribution is -2.43. The second-order valence-corrected chi connectivity index (χ2v) is 5.29. The van der Waals surface area contributed by atoms with Gasteiger partial charge in [-0.05, 0) is 32.8 Å². The molecule has 1 unspecified atom stereocenters. The molecule has 1 aliphatic rings. The highest BCUT2D eigenvalue weighted by Crippen LogP contribution is 2.21. The third kappa shape index (κ3) is 2.84. The van der Waals surface area contributed by atoms with Crippen LogP contribution in [0.5, 0.6) is 0 Å². The van der Waals surface area contributed by atoms with E-state index in [9.17, 15) is 9.59 Å². The van der Waals surface area contributed by atoms with E-state index in [0.717, 1.165) is 0 Å². The highest BCUT2D eigenvalue weighted by Gasteiger charge is 2.36. The normalized spacial score (nSPS) is 20.8. The lowest BCUT2D eigenvalue weighted by Gasteiger charge is -2.28. The van der Waals surface area contributed by atoms with Crippen LogP contribution < -0.4 is 0 Å². The number of carbonyl (C=O) groups excluding carboxylic acids is 2. The van der Waals surface area contributed by atoms with Crippen LogP contribution in [-0.4, -0.2) is 28.4 Å². The molecule has 0 bridgehead atoms. The summed E-state index contributed by atoms with van der Waals surface area (Å²) in [5, 5.41) is 0. The van der Waals surface area contributed by atoms with E-state index in [1.165, 1.54) is 17.2 Å². The molecular weight excluding hydrogens is 206 g/mol. The second-order valence-electron chi connectivity index (χ2n) is 5.29. The van der Waals surface area contributed by atoms with Crippen LogP contribution in [0.3, 0.4) is 0 Å². The van der Waals surface area contributed by atoms with Gasteiger partial charge in [0.1, 0.15) is 11.6 Å². The first kappa shape index (κ1) is 12.7. The van der Waals surface area contributed by atoms with Crippen molar-refractivity contribution in [2.75, 3.05) is 0 Å². The number of carbonyl (C=O) groups is 2. The molecule has 0 aliphatic carbocycles. The van der Waals surface area contributed by atoms with E-state index < -0.39 is 17.7 Å². The Balaban J connectivity index is 2.77. The number of ketones is 1. The summed E-state index contributed by atoms with van der Waals surface area (Å²) in [6.07, 6.45) is 2.46. The fourth-order valence-electron chi connectivity index (χ4n) is 1.62. The maximum Gasteiger partial charge on any atom is 0.415 e. The summed E-state index contributed by atoms with van der Waals surface area (Å²) in [5.41, 5.74) is -0.544. The summed E-state index contributed by atoms with van der Waals surface area (Å²) in [6.45, 7) is 9.23. The van der Waals surface area contributed by atoms with E-state index in [-0.39, 0.29) is 11.7 Å². The van der Waals surface area contributed by atoms with E-state index >= 15 is 0 Å². The number of hydrogen-bond donors (Lipinski definition) is 0. The maximum atomic E-state index is 11.8. The standard InChI is InChI=1S/C12H19NO3/c1-8(2)10-9(14)6-7-13(10)11(15)16-12(3,4)5/h6-8,10H,1-5H3. The topological polar surface area (TPSA) is 46.6 Å². The van der Waals surface area contributed by atoms with Crippen molar-refractivity contribution in [3.63, 3.8) is 0 Å². The molecule has 1 aliphatic heterocycles. The van der Waals surface area contributed by atoms with Gasteiger partial charge in [-0.3, -0.25) is 9.69 Å². The molecule has 1 atom stereocenters. The summed E-state index contributed by atoms with van der Waals surface area (Å²) in [5.74, 6) is 0.0378. The number of ether oxygens (including phenoxy) is 1. The van der Waals surface area contributed by atoms with Crippen molar-refractivity contribution in [1.29, 1.82) is 0 Å². The minimum absolute atomic E-state index is 0.0409. The van der Waals surface area contributed by atoms with E-state index in [0.29, 0.717) is 0 Å². The minimum atomic E-state index is -0.544. The van der Waals surface area contributed by atoms with Crippen LogP contribution >= 0.6 is 0 Å². The molecule has 0 saturated heterocycles. The third-order valence-electron chi connectivity index (χ3n) is 2.23. The molecule has 0 saturated carbocycles. The van der Waals surface area contributed by atoms with Crippen LogP contribution in [-0.2, 0) is 9.53 Å². The van der Waals surface area contributed by atoms with E-state index in [2.05, 4.69) is 0 Å². The fourth-order valence-corrected chi connectivity index (χ4v) is 1.62. The second kappa shape index (κ2) is 4.28. The van der Waals surface area contributed by atoms with Gasteiger partial charge < -0.3 is 4.74 Å². The monoisotopic (exact) mass is 225 g/mol. The van der Waals surface area contributed by atoms with Gasteiger partial charge in [-0.1, -0.05) is 13.8 Å². The van der Waals surface area contributed by atoms with Crippen molar-refractivity contribution in [2.45, 2.75) is 46.3 Å². The first-order chi connectivity index (χ1) is 7.22. The molecule has 0 aromatic heterocycles. The van der Waals surface area contributed by atoms with Crippen LogP contribution in [0.4, 0.5) is 4.79 Å². The number of nitrogens with zero attached hydrogens (tertiary/aromatic N) is 1.